The lowest BCUT2D eigenvalue weighted by Gasteiger charge is -2.30. The molecule has 0 aromatic heterocycles. The second kappa shape index (κ2) is 10.6. The van der Waals surface area contributed by atoms with Gasteiger partial charge >= 0.3 is 0 Å². The Labute approximate surface area is 182 Å². The Balaban J connectivity index is 1.67. The monoisotopic (exact) mass is 453 g/mol. The highest BCUT2D eigenvalue weighted by Gasteiger charge is 2.17. The van der Waals surface area contributed by atoms with Crippen molar-refractivity contribution in [3.05, 3.63) is 52.5 Å². The zero-order valence-electron chi connectivity index (χ0n) is 16.5. The Morgan fingerprint density at radius 2 is 2.03 bits per heavy atom. The fourth-order valence-electron chi connectivity index (χ4n) is 3.27. The Bertz CT molecular complexity index is 921. The summed E-state index contributed by atoms with van der Waals surface area (Å²) in [5, 5.41) is 3.30. The number of hydrogen-bond acceptors (Lipinski definition) is 5. The van der Waals surface area contributed by atoms with Gasteiger partial charge in [-0.05, 0) is 42.3 Å². The molecular formula is C20H24ClN3O5S. The number of carbonyl (C=O) groups is 1. The third-order valence-corrected chi connectivity index (χ3v) is 5.35. The molecule has 1 aliphatic heterocycles. The van der Waals surface area contributed by atoms with Crippen molar-refractivity contribution in [2.45, 2.75) is 6.42 Å². The van der Waals surface area contributed by atoms with Crippen LogP contribution in [0.15, 0.2) is 36.4 Å². The van der Waals surface area contributed by atoms with Crippen molar-refractivity contribution in [3.63, 3.8) is 0 Å². The number of amides is 1. The van der Waals surface area contributed by atoms with Gasteiger partial charge in [0.25, 0.3) is 17.2 Å². The van der Waals surface area contributed by atoms with Gasteiger partial charge in [0.05, 0.1) is 37.3 Å². The SMILES string of the molecule is COc1ccc(Cl)cc1C(=O)NCCc1ccc(N2CCOCC2)c(NS(=O)O)c1. The lowest BCUT2D eigenvalue weighted by Crippen LogP contribution is -2.36. The Morgan fingerprint density at radius 3 is 2.73 bits per heavy atom. The largest absolute Gasteiger partial charge is 0.496 e. The minimum absolute atomic E-state index is 0.283. The van der Waals surface area contributed by atoms with Crippen LogP contribution in [0.2, 0.25) is 5.02 Å². The van der Waals surface area contributed by atoms with Crippen LogP contribution in [-0.2, 0) is 22.4 Å². The van der Waals surface area contributed by atoms with Crippen molar-refractivity contribution in [2.24, 2.45) is 0 Å². The van der Waals surface area contributed by atoms with Gasteiger partial charge in [-0.2, -0.15) is 0 Å². The number of halogens is 1. The Kier molecular flexibility index (Phi) is 7.92. The van der Waals surface area contributed by atoms with Crippen LogP contribution in [0.1, 0.15) is 15.9 Å². The molecule has 1 unspecified atom stereocenters. The van der Waals surface area contributed by atoms with E-state index in [1.807, 2.05) is 18.2 Å². The van der Waals surface area contributed by atoms with E-state index >= 15 is 0 Å². The summed E-state index contributed by atoms with van der Waals surface area (Å²) >= 11 is 3.80. The first-order valence-electron chi connectivity index (χ1n) is 9.43. The highest BCUT2D eigenvalue weighted by Crippen LogP contribution is 2.28. The molecule has 30 heavy (non-hydrogen) atoms. The van der Waals surface area contributed by atoms with E-state index < -0.39 is 11.3 Å². The molecule has 3 rings (SSSR count). The third kappa shape index (κ3) is 5.85. The smallest absolute Gasteiger partial charge is 0.259 e. The van der Waals surface area contributed by atoms with Crippen LogP contribution < -0.4 is 19.7 Å². The molecule has 0 saturated carbocycles. The molecule has 1 atom stereocenters. The maximum Gasteiger partial charge on any atom is 0.259 e. The van der Waals surface area contributed by atoms with E-state index in [1.54, 1.807) is 18.2 Å². The van der Waals surface area contributed by atoms with Gasteiger partial charge in [-0.3, -0.25) is 14.1 Å². The molecule has 0 radical (unpaired) electrons. The molecule has 1 fully saturated rings. The Morgan fingerprint density at radius 1 is 1.27 bits per heavy atom. The molecule has 2 aromatic rings. The topological polar surface area (TPSA) is 100 Å². The van der Waals surface area contributed by atoms with Gasteiger partial charge in [0.15, 0.2) is 0 Å². The van der Waals surface area contributed by atoms with Crippen LogP contribution in [0.5, 0.6) is 5.75 Å². The van der Waals surface area contributed by atoms with Crippen molar-refractivity contribution < 1.29 is 23.0 Å². The number of carbonyl (C=O) groups excluding carboxylic acids is 1. The number of benzene rings is 2. The summed E-state index contributed by atoms with van der Waals surface area (Å²) in [6, 6.07) is 10.6. The van der Waals surface area contributed by atoms with Crippen molar-refractivity contribution in [1.82, 2.24) is 5.32 Å². The summed E-state index contributed by atoms with van der Waals surface area (Å²) in [6.45, 7) is 3.03. The average Bonchev–Trinajstić information content (AvgIpc) is 2.74. The lowest BCUT2D eigenvalue weighted by atomic mass is 10.1. The van der Waals surface area contributed by atoms with E-state index in [-0.39, 0.29) is 5.91 Å². The summed E-state index contributed by atoms with van der Waals surface area (Å²) in [4.78, 5) is 14.6. The van der Waals surface area contributed by atoms with Crippen LogP contribution in [0.4, 0.5) is 11.4 Å². The molecule has 1 heterocycles. The van der Waals surface area contributed by atoms with Crippen LogP contribution in [0, 0.1) is 0 Å². The van der Waals surface area contributed by atoms with Gasteiger partial charge in [-0.1, -0.05) is 17.7 Å². The van der Waals surface area contributed by atoms with Crippen LogP contribution in [-0.4, -0.2) is 54.6 Å². The highest BCUT2D eigenvalue weighted by molar-refractivity contribution is 7.80. The predicted molar refractivity (Wildman–Crippen MR) is 118 cm³/mol. The van der Waals surface area contributed by atoms with E-state index in [1.165, 1.54) is 7.11 Å². The molecule has 3 N–H and O–H groups in total. The van der Waals surface area contributed by atoms with Gasteiger partial charge < -0.3 is 19.7 Å². The van der Waals surface area contributed by atoms with Gasteiger partial charge in [0.1, 0.15) is 5.75 Å². The first-order chi connectivity index (χ1) is 14.5. The molecule has 0 bridgehead atoms. The van der Waals surface area contributed by atoms with Crippen molar-refractivity contribution in [3.8, 4) is 5.75 Å². The lowest BCUT2D eigenvalue weighted by molar-refractivity contribution is 0.0951. The number of methoxy groups -OCH3 is 1. The second-order valence-electron chi connectivity index (χ2n) is 6.65. The number of nitrogens with one attached hydrogen (secondary N) is 2. The summed E-state index contributed by atoms with van der Waals surface area (Å²) in [5.74, 6) is 0.165. The molecule has 10 heteroatoms. The van der Waals surface area contributed by atoms with Crippen molar-refractivity contribution >= 4 is 40.1 Å². The van der Waals surface area contributed by atoms with E-state index in [0.717, 1.165) is 11.3 Å². The molecule has 8 nitrogen and oxygen atoms in total. The van der Waals surface area contributed by atoms with Crippen LogP contribution in [0.25, 0.3) is 0 Å². The molecule has 1 amide bonds. The molecule has 1 aliphatic rings. The predicted octanol–water partition coefficient (Wildman–Crippen LogP) is 2.71. The maximum absolute atomic E-state index is 12.5. The third-order valence-electron chi connectivity index (χ3n) is 4.72. The number of hydrogen-bond donors (Lipinski definition) is 3. The first-order valence-corrected chi connectivity index (χ1v) is 10.9. The first kappa shape index (κ1) is 22.4. The van der Waals surface area contributed by atoms with Crippen LogP contribution in [0.3, 0.4) is 0 Å². The molecule has 162 valence electrons. The molecule has 2 aromatic carbocycles. The maximum atomic E-state index is 12.5. The zero-order chi connectivity index (χ0) is 21.5. The number of rotatable bonds is 8. The number of ether oxygens (including phenoxy) is 2. The quantitative estimate of drug-likeness (QED) is 0.531. The van der Waals surface area contributed by atoms with Gasteiger partial charge in [0.2, 0.25) is 0 Å². The van der Waals surface area contributed by atoms with Gasteiger partial charge in [-0.15, -0.1) is 0 Å². The summed E-state index contributed by atoms with van der Waals surface area (Å²) in [6.07, 6.45) is 0.546. The summed E-state index contributed by atoms with van der Waals surface area (Å²) in [5.41, 5.74) is 2.69. The minimum atomic E-state index is -2.19. The van der Waals surface area contributed by atoms with E-state index in [2.05, 4.69) is 14.9 Å². The normalized spacial score (nSPS) is 14.8. The van der Waals surface area contributed by atoms with Crippen molar-refractivity contribution in [1.29, 1.82) is 0 Å². The van der Waals surface area contributed by atoms with Crippen LogP contribution >= 0.6 is 11.6 Å². The second-order valence-corrected chi connectivity index (χ2v) is 7.79. The standard InChI is InChI=1S/C20H24ClN3O5S/c1-28-19-5-3-15(21)13-16(19)20(25)22-7-6-14-2-4-18(17(12-14)23-30(26)27)24-8-10-29-11-9-24/h2-5,12-13,23H,6-11H2,1H3,(H,22,25)(H,26,27). The molecular weight excluding hydrogens is 430 g/mol. The Hall–Kier alpha value is -2.33. The van der Waals surface area contributed by atoms with Gasteiger partial charge in [0, 0.05) is 24.7 Å². The zero-order valence-corrected chi connectivity index (χ0v) is 18.1. The fourth-order valence-corrected chi connectivity index (χ4v) is 3.79. The van der Waals surface area contributed by atoms with Gasteiger partial charge in [-0.25, -0.2) is 4.21 Å². The highest BCUT2D eigenvalue weighted by atomic mass is 35.5. The minimum Gasteiger partial charge on any atom is -0.496 e. The fraction of sp³-hybridized carbons (Fsp3) is 0.350. The molecule has 0 aliphatic carbocycles. The van der Waals surface area contributed by atoms with E-state index in [0.29, 0.717) is 61.3 Å². The number of anilines is 2. The summed E-state index contributed by atoms with van der Waals surface area (Å²) < 4.78 is 33.8. The number of morpholine rings is 1. The molecule has 1 saturated heterocycles. The van der Waals surface area contributed by atoms with Crippen molar-refractivity contribution in [2.75, 3.05) is 49.6 Å². The van der Waals surface area contributed by atoms with E-state index in [9.17, 15) is 13.6 Å². The average molecular weight is 454 g/mol. The molecule has 0 spiro atoms. The van der Waals surface area contributed by atoms with E-state index in [4.69, 9.17) is 21.1 Å². The summed E-state index contributed by atoms with van der Waals surface area (Å²) in [7, 11) is 1.50. The number of nitrogens with zero attached hydrogens (tertiary/aromatic N) is 1.